The molecule has 0 atom stereocenters. The van der Waals surface area contributed by atoms with E-state index in [1.165, 1.54) is 12.1 Å². The van der Waals surface area contributed by atoms with E-state index in [2.05, 4.69) is 0 Å². The van der Waals surface area contributed by atoms with Gasteiger partial charge >= 0.3 is 0 Å². The Balaban J connectivity index is 0.000000561. The zero-order valence-electron chi connectivity index (χ0n) is 7.04. The van der Waals surface area contributed by atoms with Crippen molar-refractivity contribution in [1.82, 2.24) is 0 Å². The number of carbonyl (C=O) groups excluding carboxylic acids is 1. The third-order valence-corrected chi connectivity index (χ3v) is 1.32. The largest absolute Gasteiger partial charge is 0.507 e. The van der Waals surface area contributed by atoms with Gasteiger partial charge < -0.3 is 5.11 Å². The van der Waals surface area contributed by atoms with Gasteiger partial charge in [0.2, 0.25) is 0 Å². The normalized spacial score (nSPS) is 8.25. The molecule has 12 heavy (non-hydrogen) atoms. The van der Waals surface area contributed by atoms with Gasteiger partial charge in [-0.1, -0.05) is 26.0 Å². The van der Waals surface area contributed by atoms with Gasteiger partial charge in [-0.15, -0.1) is 0 Å². The van der Waals surface area contributed by atoms with Gasteiger partial charge in [0.15, 0.2) is 0 Å². The summed E-state index contributed by atoms with van der Waals surface area (Å²) in [4.78, 5) is 10.5. The van der Waals surface area contributed by atoms with E-state index < -0.39 is 5.24 Å². The van der Waals surface area contributed by atoms with Crippen LogP contribution in [-0.4, -0.2) is 10.3 Å². The van der Waals surface area contributed by atoms with Crippen LogP contribution in [0.3, 0.4) is 0 Å². The van der Waals surface area contributed by atoms with Crippen LogP contribution in [0.15, 0.2) is 24.3 Å². The van der Waals surface area contributed by atoms with Crippen molar-refractivity contribution in [1.29, 1.82) is 0 Å². The Morgan fingerprint density at radius 3 is 2.17 bits per heavy atom. The molecule has 0 fully saturated rings. The first-order valence-electron chi connectivity index (χ1n) is 3.69. The Morgan fingerprint density at radius 1 is 1.33 bits per heavy atom. The maximum absolute atomic E-state index is 10.5. The van der Waals surface area contributed by atoms with Crippen molar-refractivity contribution in [2.75, 3.05) is 0 Å². The smallest absolute Gasteiger partial charge is 0.256 e. The monoisotopic (exact) mass is 186 g/mol. The Morgan fingerprint density at radius 2 is 1.83 bits per heavy atom. The van der Waals surface area contributed by atoms with Crippen molar-refractivity contribution in [3.05, 3.63) is 29.8 Å². The van der Waals surface area contributed by atoms with Gasteiger partial charge in [-0.05, 0) is 23.7 Å². The number of halogens is 1. The summed E-state index contributed by atoms with van der Waals surface area (Å²) in [6, 6.07) is 6.13. The van der Waals surface area contributed by atoms with Gasteiger partial charge in [-0.25, -0.2) is 0 Å². The average Bonchev–Trinajstić information content (AvgIpc) is 2.08. The van der Waals surface area contributed by atoms with Gasteiger partial charge in [0.05, 0.1) is 5.56 Å². The summed E-state index contributed by atoms with van der Waals surface area (Å²) in [7, 11) is 0. The number of hydrogen-bond donors (Lipinski definition) is 1. The van der Waals surface area contributed by atoms with Crippen LogP contribution in [0.2, 0.25) is 0 Å². The lowest BCUT2D eigenvalue weighted by molar-refractivity contribution is 0.107. The summed E-state index contributed by atoms with van der Waals surface area (Å²) in [5.41, 5.74) is 0.143. The first-order valence-corrected chi connectivity index (χ1v) is 4.07. The molecular formula is C9H11ClO2. The van der Waals surface area contributed by atoms with Crippen molar-refractivity contribution >= 4 is 16.8 Å². The topological polar surface area (TPSA) is 37.3 Å². The second-order valence-corrected chi connectivity index (χ2v) is 2.13. The van der Waals surface area contributed by atoms with Crippen molar-refractivity contribution in [3.8, 4) is 5.75 Å². The number of para-hydroxylation sites is 1. The molecule has 1 aromatic carbocycles. The minimum atomic E-state index is -0.641. The molecule has 0 aliphatic carbocycles. The highest BCUT2D eigenvalue weighted by Gasteiger charge is 2.04. The number of aromatic hydroxyl groups is 1. The lowest BCUT2D eigenvalue weighted by Gasteiger charge is -1.94. The lowest BCUT2D eigenvalue weighted by Crippen LogP contribution is -1.87. The second-order valence-electron chi connectivity index (χ2n) is 1.79. The summed E-state index contributed by atoms with van der Waals surface area (Å²) in [5.74, 6) is -0.0810. The van der Waals surface area contributed by atoms with E-state index in [1.807, 2.05) is 13.8 Å². The van der Waals surface area contributed by atoms with Crippen molar-refractivity contribution in [2.45, 2.75) is 13.8 Å². The van der Waals surface area contributed by atoms with Gasteiger partial charge in [-0.2, -0.15) is 0 Å². The van der Waals surface area contributed by atoms with Gasteiger partial charge in [0.1, 0.15) is 5.75 Å². The summed E-state index contributed by atoms with van der Waals surface area (Å²) < 4.78 is 0. The third kappa shape index (κ3) is 2.93. The fourth-order valence-corrected chi connectivity index (χ4v) is 0.800. The molecule has 1 rings (SSSR count). The molecule has 0 amide bonds. The summed E-state index contributed by atoms with van der Waals surface area (Å²) in [5, 5.41) is 8.33. The minimum Gasteiger partial charge on any atom is -0.507 e. The molecule has 0 spiro atoms. The highest BCUT2D eigenvalue weighted by molar-refractivity contribution is 6.68. The fraction of sp³-hybridized carbons (Fsp3) is 0.222. The molecule has 0 radical (unpaired) electrons. The summed E-state index contributed by atoms with van der Waals surface area (Å²) >= 11 is 5.11. The first-order chi connectivity index (χ1) is 5.72. The van der Waals surface area contributed by atoms with Gasteiger partial charge in [0.25, 0.3) is 5.24 Å². The molecular weight excluding hydrogens is 176 g/mol. The molecule has 0 saturated carbocycles. The lowest BCUT2D eigenvalue weighted by atomic mass is 10.2. The van der Waals surface area contributed by atoms with E-state index in [0.717, 1.165) is 0 Å². The zero-order valence-corrected chi connectivity index (χ0v) is 7.80. The number of phenolic OH excluding ortho intramolecular Hbond substituents is 1. The van der Waals surface area contributed by atoms with Crippen LogP contribution in [-0.2, 0) is 0 Å². The number of carbonyl (C=O) groups is 1. The molecule has 0 aliphatic rings. The Bertz CT molecular complexity index is 258. The Labute approximate surface area is 76.8 Å². The Kier molecular flexibility index (Phi) is 5.13. The maximum atomic E-state index is 10.5. The number of hydrogen-bond acceptors (Lipinski definition) is 2. The van der Waals surface area contributed by atoms with Crippen LogP contribution >= 0.6 is 11.6 Å². The molecule has 0 bridgehead atoms. The van der Waals surface area contributed by atoms with Crippen LogP contribution in [0.1, 0.15) is 24.2 Å². The molecule has 0 unspecified atom stereocenters. The number of phenols is 1. The van der Waals surface area contributed by atoms with Crippen molar-refractivity contribution in [3.63, 3.8) is 0 Å². The number of benzene rings is 1. The van der Waals surface area contributed by atoms with Crippen LogP contribution in [0.4, 0.5) is 0 Å². The van der Waals surface area contributed by atoms with E-state index in [4.69, 9.17) is 16.7 Å². The van der Waals surface area contributed by atoms with E-state index in [1.54, 1.807) is 12.1 Å². The van der Waals surface area contributed by atoms with E-state index in [9.17, 15) is 4.79 Å². The SMILES string of the molecule is CC.O=C(Cl)c1ccccc1O. The molecule has 66 valence electrons. The van der Waals surface area contributed by atoms with Gasteiger partial charge in [-0.3, -0.25) is 4.79 Å². The molecule has 1 N–H and O–H groups in total. The predicted molar refractivity (Wildman–Crippen MR) is 49.6 cm³/mol. The molecule has 0 aromatic heterocycles. The van der Waals surface area contributed by atoms with Crippen LogP contribution < -0.4 is 0 Å². The van der Waals surface area contributed by atoms with Crippen LogP contribution in [0.25, 0.3) is 0 Å². The number of rotatable bonds is 1. The van der Waals surface area contributed by atoms with Gasteiger partial charge in [0, 0.05) is 0 Å². The summed E-state index contributed by atoms with van der Waals surface area (Å²) in [6.45, 7) is 4.00. The minimum absolute atomic E-state index is 0.0810. The highest BCUT2D eigenvalue weighted by Crippen LogP contribution is 2.16. The molecule has 0 saturated heterocycles. The Hall–Kier alpha value is -1.02. The fourth-order valence-electron chi connectivity index (χ4n) is 0.640. The van der Waals surface area contributed by atoms with E-state index in [0.29, 0.717) is 0 Å². The molecule has 0 heterocycles. The standard InChI is InChI=1S/C7H5ClO2.C2H6/c8-7(10)5-3-1-2-4-6(5)9;1-2/h1-4,9H;1-2H3. The van der Waals surface area contributed by atoms with E-state index in [-0.39, 0.29) is 11.3 Å². The quantitative estimate of drug-likeness (QED) is 0.685. The molecule has 3 heteroatoms. The van der Waals surface area contributed by atoms with Crippen LogP contribution in [0, 0.1) is 0 Å². The molecule has 1 aromatic rings. The maximum Gasteiger partial charge on any atom is 0.256 e. The second kappa shape index (κ2) is 5.61. The first kappa shape index (κ1) is 11.0. The third-order valence-electron chi connectivity index (χ3n) is 1.12. The highest BCUT2D eigenvalue weighted by atomic mass is 35.5. The molecule has 0 aliphatic heterocycles. The predicted octanol–water partition coefficient (Wildman–Crippen LogP) is 2.80. The van der Waals surface area contributed by atoms with Crippen molar-refractivity contribution in [2.24, 2.45) is 0 Å². The summed E-state index contributed by atoms with van der Waals surface area (Å²) in [6.07, 6.45) is 0. The molecule has 2 nitrogen and oxygen atoms in total. The zero-order chi connectivity index (χ0) is 9.56. The van der Waals surface area contributed by atoms with Crippen LogP contribution in [0.5, 0.6) is 5.75 Å². The van der Waals surface area contributed by atoms with Crippen molar-refractivity contribution < 1.29 is 9.90 Å². The average molecular weight is 187 g/mol. The van der Waals surface area contributed by atoms with E-state index >= 15 is 0 Å².